The molecular formula is C26H36N4O2. The predicted molar refractivity (Wildman–Crippen MR) is 126 cm³/mol. The van der Waals surface area contributed by atoms with Crippen molar-refractivity contribution < 1.29 is 9.47 Å². The second kappa shape index (κ2) is 10.3. The second-order valence-corrected chi connectivity index (χ2v) is 9.37. The molecule has 1 aromatic heterocycles. The van der Waals surface area contributed by atoms with Gasteiger partial charge in [0.2, 0.25) is 0 Å². The molecular weight excluding hydrogens is 400 g/mol. The van der Waals surface area contributed by atoms with Crippen LogP contribution in [0.5, 0.6) is 5.75 Å². The van der Waals surface area contributed by atoms with Gasteiger partial charge in [-0.2, -0.15) is 0 Å². The number of nitrogens with zero attached hydrogens (tertiary/aromatic N) is 3. The monoisotopic (exact) mass is 436 g/mol. The van der Waals surface area contributed by atoms with Crippen molar-refractivity contribution >= 4 is 0 Å². The summed E-state index contributed by atoms with van der Waals surface area (Å²) < 4.78 is 11.7. The van der Waals surface area contributed by atoms with Crippen LogP contribution >= 0.6 is 0 Å². The van der Waals surface area contributed by atoms with E-state index in [4.69, 9.17) is 14.5 Å². The molecule has 0 bridgehead atoms. The number of rotatable bonds is 7. The molecule has 6 heteroatoms. The van der Waals surface area contributed by atoms with Gasteiger partial charge in [-0.05, 0) is 56.0 Å². The van der Waals surface area contributed by atoms with Gasteiger partial charge in [0.05, 0.1) is 24.9 Å². The number of ether oxygens (including phenoxy) is 2. The Morgan fingerprint density at radius 1 is 1.19 bits per heavy atom. The van der Waals surface area contributed by atoms with Crippen LogP contribution in [0.4, 0.5) is 0 Å². The van der Waals surface area contributed by atoms with Crippen LogP contribution in [0.1, 0.15) is 41.3 Å². The first kappa shape index (κ1) is 21.8. The second-order valence-electron chi connectivity index (χ2n) is 9.37. The van der Waals surface area contributed by atoms with Gasteiger partial charge in [0.25, 0.3) is 0 Å². The van der Waals surface area contributed by atoms with E-state index in [-0.39, 0.29) is 0 Å². The van der Waals surface area contributed by atoms with E-state index in [1.54, 1.807) is 0 Å². The molecule has 1 fully saturated rings. The minimum Gasteiger partial charge on any atom is -0.492 e. The molecule has 172 valence electrons. The first-order valence-electron chi connectivity index (χ1n) is 12.2. The molecule has 0 saturated carbocycles. The lowest BCUT2D eigenvalue weighted by Crippen LogP contribution is -2.45. The van der Waals surface area contributed by atoms with Gasteiger partial charge in [-0.25, -0.2) is 0 Å². The molecule has 32 heavy (non-hydrogen) atoms. The number of hydrogen-bond donors (Lipinski definition) is 1. The van der Waals surface area contributed by atoms with Crippen LogP contribution in [0, 0.1) is 0 Å². The molecule has 3 heterocycles. The maximum atomic E-state index is 6.29. The molecule has 0 radical (unpaired) electrons. The number of nitrogens with one attached hydrogen (secondary N) is 1. The Labute approximate surface area is 191 Å². The van der Waals surface area contributed by atoms with Crippen LogP contribution in [0.3, 0.4) is 0 Å². The first-order chi connectivity index (χ1) is 15.8. The largest absolute Gasteiger partial charge is 0.492 e. The predicted octanol–water partition coefficient (Wildman–Crippen LogP) is 2.82. The fourth-order valence-corrected chi connectivity index (χ4v) is 5.44. The maximum Gasteiger partial charge on any atom is 0.122 e. The van der Waals surface area contributed by atoms with Crippen molar-refractivity contribution in [1.82, 2.24) is 20.1 Å². The van der Waals surface area contributed by atoms with Crippen molar-refractivity contribution in [3.63, 3.8) is 0 Å². The summed E-state index contributed by atoms with van der Waals surface area (Å²) in [6.07, 6.45) is 6.55. The lowest BCUT2D eigenvalue weighted by atomic mass is 9.90. The summed E-state index contributed by atoms with van der Waals surface area (Å²) in [5.74, 6) is 1.06. The maximum absolute atomic E-state index is 6.29. The molecule has 3 aliphatic rings. The van der Waals surface area contributed by atoms with Gasteiger partial charge in [-0.15, -0.1) is 0 Å². The fourth-order valence-electron chi connectivity index (χ4n) is 5.44. The van der Waals surface area contributed by atoms with E-state index in [2.05, 4.69) is 52.5 Å². The average molecular weight is 437 g/mol. The third-order valence-corrected chi connectivity index (χ3v) is 7.24. The van der Waals surface area contributed by atoms with Crippen LogP contribution < -0.4 is 10.1 Å². The average Bonchev–Trinajstić information content (AvgIpc) is 2.84. The Morgan fingerprint density at radius 2 is 2.06 bits per heavy atom. The standard InChI is InChI=1S/C26H36N4O2/c1-29(24-8-2-5-20-7-4-10-27-26(20)24)19-22-17-23-21(18-28-22)6-3-9-25(23)32-16-13-30-11-14-31-15-12-30/h3-4,6-7,9-10,22,24,28H,2,5,8,11-19H2,1H3/t22-,24+/m1/s1. The van der Waals surface area contributed by atoms with E-state index in [1.807, 2.05) is 6.20 Å². The SMILES string of the molecule is CN(C[C@H]1Cc2c(cccc2OCCN2CCOCC2)CN1)[C@H]1CCCc2cccnc21. The van der Waals surface area contributed by atoms with Gasteiger partial charge in [0, 0.05) is 50.5 Å². The van der Waals surface area contributed by atoms with Crippen LogP contribution in [0.2, 0.25) is 0 Å². The van der Waals surface area contributed by atoms with E-state index in [9.17, 15) is 0 Å². The van der Waals surface area contributed by atoms with Crippen LogP contribution in [-0.4, -0.2) is 73.9 Å². The number of benzene rings is 1. The Hall–Kier alpha value is -1.99. The quantitative estimate of drug-likeness (QED) is 0.720. The number of likely N-dealkylation sites (N-methyl/N-ethyl adjacent to an activating group) is 1. The Balaban J connectivity index is 1.21. The lowest BCUT2D eigenvalue weighted by Gasteiger charge is -2.36. The van der Waals surface area contributed by atoms with Gasteiger partial charge in [0.1, 0.15) is 12.4 Å². The Morgan fingerprint density at radius 3 is 2.97 bits per heavy atom. The van der Waals surface area contributed by atoms with E-state index < -0.39 is 0 Å². The molecule has 5 rings (SSSR count). The molecule has 0 amide bonds. The van der Waals surface area contributed by atoms with E-state index >= 15 is 0 Å². The minimum atomic E-state index is 0.420. The summed E-state index contributed by atoms with van der Waals surface area (Å²) in [6.45, 7) is 7.31. The van der Waals surface area contributed by atoms with E-state index in [1.165, 1.54) is 35.2 Å². The third-order valence-electron chi connectivity index (χ3n) is 7.24. The number of morpholine rings is 1. The van der Waals surface area contributed by atoms with Crippen molar-refractivity contribution in [2.45, 2.75) is 44.3 Å². The van der Waals surface area contributed by atoms with Crippen molar-refractivity contribution in [3.8, 4) is 5.75 Å². The molecule has 1 aromatic carbocycles. The molecule has 0 unspecified atom stereocenters. The summed E-state index contributed by atoms with van der Waals surface area (Å²) in [7, 11) is 2.26. The van der Waals surface area contributed by atoms with Crippen molar-refractivity contribution in [2.24, 2.45) is 0 Å². The summed E-state index contributed by atoms with van der Waals surface area (Å²) >= 11 is 0. The number of aromatic nitrogens is 1. The summed E-state index contributed by atoms with van der Waals surface area (Å²) in [4.78, 5) is 9.68. The lowest BCUT2D eigenvalue weighted by molar-refractivity contribution is 0.0322. The minimum absolute atomic E-state index is 0.420. The highest BCUT2D eigenvalue weighted by atomic mass is 16.5. The Kier molecular flexibility index (Phi) is 7.03. The first-order valence-corrected chi connectivity index (χ1v) is 12.2. The summed E-state index contributed by atoms with van der Waals surface area (Å²) in [5, 5.41) is 3.76. The van der Waals surface area contributed by atoms with Crippen LogP contribution in [-0.2, 0) is 24.1 Å². The summed E-state index contributed by atoms with van der Waals surface area (Å²) in [5.41, 5.74) is 5.46. The highest BCUT2D eigenvalue weighted by Gasteiger charge is 2.28. The van der Waals surface area contributed by atoms with Crippen molar-refractivity contribution in [1.29, 1.82) is 0 Å². The molecule has 1 aliphatic carbocycles. The highest BCUT2D eigenvalue weighted by molar-refractivity contribution is 5.42. The molecule has 6 nitrogen and oxygen atoms in total. The molecule has 1 saturated heterocycles. The molecule has 1 N–H and O–H groups in total. The van der Waals surface area contributed by atoms with Gasteiger partial charge in [-0.1, -0.05) is 18.2 Å². The number of fused-ring (bicyclic) bond motifs is 2. The topological polar surface area (TPSA) is 49.9 Å². The molecule has 2 aliphatic heterocycles. The van der Waals surface area contributed by atoms with Gasteiger partial charge >= 0.3 is 0 Å². The summed E-state index contributed by atoms with van der Waals surface area (Å²) in [6, 6.07) is 11.7. The normalized spacial score (nSPS) is 23.6. The van der Waals surface area contributed by atoms with Gasteiger partial charge in [-0.3, -0.25) is 14.8 Å². The number of aryl methyl sites for hydroxylation is 1. The molecule has 2 aromatic rings. The van der Waals surface area contributed by atoms with E-state index in [0.29, 0.717) is 12.1 Å². The molecule has 0 spiro atoms. The zero-order valence-electron chi connectivity index (χ0n) is 19.3. The fraction of sp³-hybridized carbons (Fsp3) is 0.577. The van der Waals surface area contributed by atoms with Crippen molar-refractivity contribution in [2.75, 3.05) is 53.0 Å². The van der Waals surface area contributed by atoms with Crippen LogP contribution in [0.25, 0.3) is 0 Å². The Bertz CT molecular complexity index is 899. The zero-order valence-corrected chi connectivity index (χ0v) is 19.3. The highest BCUT2D eigenvalue weighted by Crippen LogP contribution is 2.33. The van der Waals surface area contributed by atoms with E-state index in [0.717, 1.165) is 71.1 Å². The van der Waals surface area contributed by atoms with Crippen molar-refractivity contribution in [3.05, 3.63) is 58.9 Å². The number of pyridine rings is 1. The molecule has 2 atom stereocenters. The third kappa shape index (κ3) is 4.99. The van der Waals surface area contributed by atoms with Gasteiger partial charge in [0.15, 0.2) is 0 Å². The van der Waals surface area contributed by atoms with Gasteiger partial charge < -0.3 is 14.8 Å². The zero-order chi connectivity index (χ0) is 21.8. The number of hydrogen-bond acceptors (Lipinski definition) is 6. The van der Waals surface area contributed by atoms with Crippen LogP contribution in [0.15, 0.2) is 36.5 Å². The smallest absolute Gasteiger partial charge is 0.122 e.